The number of benzene rings is 1. The van der Waals surface area contributed by atoms with Crippen LogP contribution in [0.25, 0.3) is 0 Å². The predicted octanol–water partition coefficient (Wildman–Crippen LogP) is 1.44. The van der Waals surface area contributed by atoms with E-state index in [2.05, 4.69) is 4.98 Å². The maximum Gasteiger partial charge on any atom is 0.347 e. The van der Waals surface area contributed by atoms with Gasteiger partial charge >= 0.3 is 11.7 Å². The molecule has 0 fully saturated rings. The monoisotopic (exact) mass is 262 g/mol. The zero-order chi connectivity index (χ0) is 14.0. The summed E-state index contributed by atoms with van der Waals surface area (Å²) in [6, 6.07) is 3.73. The molecule has 1 heterocycles. The fourth-order valence-corrected chi connectivity index (χ4v) is 1.71. The highest BCUT2D eigenvalue weighted by molar-refractivity contribution is 5.88. The second kappa shape index (κ2) is 5.01. The molecule has 19 heavy (non-hydrogen) atoms. The summed E-state index contributed by atoms with van der Waals surface area (Å²) in [5, 5.41) is 8.83. The highest BCUT2D eigenvalue weighted by Crippen LogP contribution is 2.11. The van der Waals surface area contributed by atoms with E-state index >= 15 is 0 Å². The average molecular weight is 262 g/mol. The third-order valence-corrected chi connectivity index (χ3v) is 2.60. The van der Waals surface area contributed by atoms with Crippen molar-refractivity contribution >= 4 is 5.97 Å². The van der Waals surface area contributed by atoms with Crippen LogP contribution in [0.3, 0.4) is 0 Å². The molecule has 5 nitrogen and oxygen atoms in total. The number of carboxylic acid groups (broad SMARTS) is 1. The zero-order valence-corrected chi connectivity index (χ0v) is 10.1. The van der Waals surface area contributed by atoms with Crippen LogP contribution in [-0.2, 0) is 6.54 Å². The third kappa shape index (κ3) is 2.85. The lowest BCUT2D eigenvalue weighted by Gasteiger charge is -2.07. The standard InChI is InChI=1S/C13H11FN2O3/c1-8-5-15-13(19)16(6-8)7-9-2-3-11(14)10(4-9)12(17)18/h2-6H,7H2,1H3,(H,17,18). The minimum atomic E-state index is -1.34. The molecule has 0 amide bonds. The zero-order valence-electron chi connectivity index (χ0n) is 10.1. The van der Waals surface area contributed by atoms with E-state index in [-0.39, 0.29) is 6.54 Å². The highest BCUT2D eigenvalue weighted by Gasteiger charge is 2.11. The molecule has 0 saturated heterocycles. The number of nitrogens with zero attached hydrogens (tertiary/aromatic N) is 2. The van der Waals surface area contributed by atoms with Gasteiger partial charge in [-0.1, -0.05) is 6.07 Å². The van der Waals surface area contributed by atoms with E-state index in [4.69, 9.17) is 5.11 Å². The van der Waals surface area contributed by atoms with Gasteiger partial charge in [-0.3, -0.25) is 4.57 Å². The molecular formula is C13H11FN2O3. The van der Waals surface area contributed by atoms with E-state index in [1.54, 1.807) is 13.1 Å². The van der Waals surface area contributed by atoms with Gasteiger partial charge in [0.05, 0.1) is 12.1 Å². The molecule has 2 rings (SSSR count). The molecule has 1 aromatic carbocycles. The van der Waals surface area contributed by atoms with Crippen LogP contribution in [0.4, 0.5) is 4.39 Å². The van der Waals surface area contributed by atoms with Gasteiger partial charge in [-0.2, -0.15) is 0 Å². The van der Waals surface area contributed by atoms with E-state index < -0.39 is 23.0 Å². The number of hydrogen-bond acceptors (Lipinski definition) is 3. The number of aromatic carboxylic acids is 1. The Hall–Kier alpha value is -2.50. The van der Waals surface area contributed by atoms with Crippen LogP contribution in [0.1, 0.15) is 21.5 Å². The van der Waals surface area contributed by atoms with Crippen molar-refractivity contribution < 1.29 is 14.3 Å². The van der Waals surface area contributed by atoms with Crippen LogP contribution >= 0.6 is 0 Å². The van der Waals surface area contributed by atoms with Crippen LogP contribution in [0.5, 0.6) is 0 Å². The van der Waals surface area contributed by atoms with Crippen LogP contribution in [0, 0.1) is 12.7 Å². The molecule has 0 spiro atoms. The Morgan fingerprint density at radius 3 is 2.89 bits per heavy atom. The second-order valence-corrected chi connectivity index (χ2v) is 4.16. The van der Waals surface area contributed by atoms with E-state index in [9.17, 15) is 14.0 Å². The summed E-state index contributed by atoms with van der Waals surface area (Å²) in [6.07, 6.45) is 3.06. The molecule has 1 N–H and O–H groups in total. The molecule has 6 heteroatoms. The summed E-state index contributed by atoms with van der Waals surface area (Å²) in [7, 11) is 0. The summed E-state index contributed by atoms with van der Waals surface area (Å²) in [4.78, 5) is 26.0. The number of aromatic nitrogens is 2. The number of aryl methyl sites for hydroxylation is 1. The summed E-state index contributed by atoms with van der Waals surface area (Å²) in [6.45, 7) is 1.93. The molecular weight excluding hydrogens is 251 g/mol. The molecule has 0 aliphatic rings. The van der Waals surface area contributed by atoms with Gasteiger partial charge in [0.25, 0.3) is 0 Å². The second-order valence-electron chi connectivity index (χ2n) is 4.16. The lowest BCUT2D eigenvalue weighted by molar-refractivity contribution is 0.0691. The molecule has 0 aliphatic heterocycles. The number of hydrogen-bond donors (Lipinski definition) is 1. The average Bonchev–Trinajstić information content (AvgIpc) is 2.36. The largest absolute Gasteiger partial charge is 0.478 e. The topological polar surface area (TPSA) is 72.2 Å². The molecule has 0 unspecified atom stereocenters. The number of carboxylic acids is 1. The first-order valence-electron chi connectivity index (χ1n) is 5.52. The predicted molar refractivity (Wildman–Crippen MR) is 65.7 cm³/mol. The van der Waals surface area contributed by atoms with Crippen molar-refractivity contribution in [3.8, 4) is 0 Å². The molecule has 0 saturated carbocycles. The van der Waals surface area contributed by atoms with Crippen molar-refractivity contribution in [2.24, 2.45) is 0 Å². The van der Waals surface area contributed by atoms with Crippen LogP contribution in [0.2, 0.25) is 0 Å². The summed E-state index contributed by atoms with van der Waals surface area (Å²) in [5.74, 6) is -2.14. The van der Waals surface area contributed by atoms with E-state index in [1.807, 2.05) is 0 Å². The van der Waals surface area contributed by atoms with Gasteiger partial charge < -0.3 is 5.11 Å². The van der Waals surface area contributed by atoms with Gasteiger partial charge in [0.1, 0.15) is 5.82 Å². The number of carbonyl (C=O) groups is 1. The molecule has 98 valence electrons. The summed E-state index contributed by atoms with van der Waals surface area (Å²) >= 11 is 0. The first kappa shape index (κ1) is 12.9. The molecule has 1 aromatic heterocycles. The Balaban J connectivity index is 2.39. The minimum absolute atomic E-state index is 0.147. The Kier molecular flexibility index (Phi) is 3.41. The highest BCUT2D eigenvalue weighted by atomic mass is 19.1. The van der Waals surface area contributed by atoms with Gasteiger partial charge in [0, 0.05) is 12.4 Å². The van der Waals surface area contributed by atoms with E-state index in [1.165, 1.54) is 22.9 Å². The lowest BCUT2D eigenvalue weighted by Crippen LogP contribution is -2.23. The molecule has 0 atom stereocenters. The van der Waals surface area contributed by atoms with E-state index in [0.717, 1.165) is 11.6 Å². The van der Waals surface area contributed by atoms with Gasteiger partial charge in [-0.25, -0.2) is 19.0 Å². The first-order chi connectivity index (χ1) is 8.97. The van der Waals surface area contributed by atoms with Crippen molar-refractivity contribution in [2.75, 3.05) is 0 Å². The fourth-order valence-electron chi connectivity index (χ4n) is 1.71. The number of halogens is 1. The SMILES string of the molecule is Cc1cnc(=O)n(Cc2ccc(F)c(C(=O)O)c2)c1. The first-order valence-corrected chi connectivity index (χ1v) is 5.52. The van der Waals surface area contributed by atoms with Crippen molar-refractivity contribution in [3.05, 3.63) is 63.6 Å². The van der Waals surface area contributed by atoms with E-state index in [0.29, 0.717) is 5.56 Å². The maximum absolute atomic E-state index is 13.2. The van der Waals surface area contributed by atoms with Crippen LogP contribution in [-0.4, -0.2) is 20.6 Å². The Morgan fingerprint density at radius 1 is 1.47 bits per heavy atom. The van der Waals surface area contributed by atoms with Crippen LogP contribution < -0.4 is 5.69 Å². The smallest absolute Gasteiger partial charge is 0.347 e. The van der Waals surface area contributed by atoms with Crippen LogP contribution in [0.15, 0.2) is 35.4 Å². The minimum Gasteiger partial charge on any atom is -0.478 e. The van der Waals surface area contributed by atoms with Gasteiger partial charge in [-0.15, -0.1) is 0 Å². The van der Waals surface area contributed by atoms with Crippen molar-refractivity contribution in [2.45, 2.75) is 13.5 Å². The van der Waals surface area contributed by atoms with Crippen molar-refractivity contribution in [3.63, 3.8) is 0 Å². The number of rotatable bonds is 3. The molecule has 0 bridgehead atoms. The Labute approximate surface area is 108 Å². The summed E-state index contributed by atoms with van der Waals surface area (Å²) in [5.41, 5.74) is 0.478. The normalized spacial score (nSPS) is 10.4. The maximum atomic E-state index is 13.2. The third-order valence-electron chi connectivity index (χ3n) is 2.60. The molecule has 0 aliphatic carbocycles. The van der Waals surface area contributed by atoms with Gasteiger partial charge in [0.2, 0.25) is 0 Å². The quantitative estimate of drug-likeness (QED) is 0.908. The lowest BCUT2D eigenvalue weighted by atomic mass is 10.1. The Bertz CT molecular complexity index is 695. The summed E-state index contributed by atoms with van der Waals surface area (Å²) < 4.78 is 14.6. The van der Waals surface area contributed by atoms with Gasteiger partial charge in [-0.05, 0) is 30.2 Å². The van der Waals surface area contributed by atoms with Crippen molar-refractivity contribution in [1.29, 1.82) is 0 Å². The fraction of sp³-hybridized carbons (Fsp3) is 0.154. The molecule has 0 radical (unpaired) electrons. The Morgan fingerprint density at radius 2 is 2.21 bits per heavy atom. The molecule has 2 aromatic rings. The van der Waals surface area contributed by atoms with Crippen molar-refractivity contribution in [1.82, 2.24) is 9.55 Å². The van der Waals surface area contributed by atoms with Gasteiger partial charge in [0.15, 0.2) is 0 Å².